The highest BCUT2D eigenvalue weighted by atomic mass is 19.4. The lowest BCUT2D eigenvalue weighted by Crippen LogP contribution is -2.65. The van der Waals surface area contributed by atoms with E-state index in [2.05, 4.69) is 5.32 Å². The maximum atomic E-state index is 13.0. The van der Waals surface area contributed by atoms with Gasteiger partial charge in [0.05, 0.1) is 17.7 Å². The molecule has 1 aromatic rings. The van der Waals surface area contributed by atoms with Crippen molar-refractivity contribution in [3.63, 3.8) is 0 Å². The standard InChI is InChI=1S/C16H17F6NO6/c1-6(25)23-11-13(27)12(26)10(5-24)29-14(11)28-9-3-7(15(17,18)19)2-8(4-9)16(20,21)22/h2-4,10-14,24,26-27H,5H2,1H3,(H,23,25)/t10-,11+,12+,13-,14-/m1/s1. The lowest BCUT2D eigenvalue weighted by atomic mass is 9.97. The third-order valence-electron chi connectivity index (χ3n) is 4.06. The largest absolute Gasteiger partial charge is 0.463 e. The van der Waals surface area contributed by atoms with Gasteiger partial charge in [-0.15, -0.1) is 0 Å². The van der Waals surface area contributed by atoms with Gasteiger partial charge >= 0.3 is 12.4 Å². The van der Waals surface area contributed by atoms with Crippen LogP contribution < -0.4 is 10.1 Å². The monoisotopic (exact) mass is 433 g/mol. The van der Waals surface area contributed by atoms with E-state index in [1.807, 2.05) is 0 Å². The number of rotatable bonds is 4. The molecule has 1 fully saturated rings. The van der Waals surface area contributed by atoms with Gasteiger partial charge in [0.2, 0.25) is 12.2 Å². The van der Waals surface area contributed by atoms with Crippen molar-refractivity contribution in [3.05, 3.63) is 29.3 Å². The number of alkyl halides is 6. The smallest absolute Gasteiger partial charge is 0.416 e. The van der Waals surface area contributed by atoms with Gasteiger partial charge in [-0.3, -0.25) is 4.79 Å². The number of carbonyl (C=O) groups excluding carboxylic acids is 1. The normalized spacial score (nSPS) is 28.1. The predicted molar refractivity (Wildman–Crippen MR) is 82.4 cm³/mol. The molecule has 5 atom stereocenters. The minimum absolute atomic E-state index is 0.102. The van der Waals surface area contributed by atoms with E-state index in [1.54, 1.807) is 0 Å². The molecule has 0 radical (unpaired) electrons. The number of aliphatic hydroxyl groups excluding tert-OH is 3. The SMILES string of the molecule is CC(=O)N[C@@H]1[C@H](Oc2cc(C(F)(F)F)cc(C(F)(F)F)c2)O[C@H](CO)[C@H](O)[C@@H]1O. The van der Waals surface area contributed by atoms with Crippen molar-refractivity contribution in [1.29, 1.82) is 0 Å². The zero-order chi connectivity index (χ0) is 22.1. The van der Waals surface area contributed by atoms with E-state index in [0.717, 1.165) is 6.92 Å². The maximum Gasteiger partial charge on any atom is 0.416 e. The molecule has 4 N–H and O–H groups in total. The second-order valence-electron chi connectivity index (χ2n) is 6.29. The summed E-state index contributed by atoms with van der Waals surface area (Å²) in [5.74, 6) is -1.66. The summed E-state index contributed by atoms with van der Waals surface area (Å²) in [7, 11) is 0. The van der Waals surface area contributed by atoms with Crippen LogP contribution in [0.2, 0.25) is 0 Å². The van der Waals surface area contributed by atoms with Crippen LogP contribution in [0.4, 0.5) is 26.3 Å². The third kappa shape index (κ3) is 5.50. The molecular formula is C16H17F6NO6. The van der Waals surface area contributed by atoms with E-state index in [4.69, 9.17) is 9.47 Å². The highest BCUT2D eigenvalue weighted by Crippen LogP contribution is 2.39. The summed E-state index contributed by atoms with van der Waals surface area (Å²) in [6, 6.07) is -1.08. The zero-order valence-corrected chi connectivity index (χ0v) is 14.7. The van der Waals surface area contributed by atoms with Crippen LogP contribution in [-0.4, -0.2) is 58.5 Å². The van der Waals surface area contributed by atoms with Gasteiger partial charge in [0.25, 0.3) is 0 Å². The van der Waals surface area contributed by atoms with Crippen molar-refractivity contribution < 1.29 is 55.9 Å². The zero-order valence-electron chi connectivity index (χ0n) is 14.7. The molecule has 0 bridgehead atoms. The maximum absolute atomic E-state index is 13.0. The Morgan fingerprint density at radius 3 is 2.00 bits per heavy atom. The molecule has 1 aliphatic rings. The molecule has 0 aromatic heterocycles. The molecule has 1 heterocycles. The van der Waals surface area contributed by atoms with Crippen molar-refractivity contribution in [2.75, 3.05) is 6.61 Å². The number of nitrogens with one attached hydrogen (secondary N) is 1. The number of aliphatic hydroxyl groups is 3. The van der Waals surface area contributed by atoms with E-state index < -0.39 is 72.4 Å². The van der Waals surface area contributed by atoms with Crippen LogP contribution in [0.5, 0.6) is 5.75 Å². The molecule has 1 saturated heterocycles. The molecule has 1 amide bonds. The number of halogens is 6. The van der Waals surface area contributed by atoms with E-state index in [0.29, 0.717) is 0 Å². The van der Waals surface area contributed by atoms with Gasteiger partial charge < -0.3 is 30.1 Å². The Hall–Kier alpha value is -2.09. The second kappa shape index (κ2) is 8.34. The molecule has 29 heavy (non-hydrogen) atoms. The van der Waals surface area contributed by atoms with E-state index in [9.17, 15) is 46.5 Å². The Balaban J connectivity index is 2.43. The van der Waals surface area contributed by atoms with Gasteiger partial charge in [-0.1, -0.05) is 0 Å². The van der Waals surface area contributed by atoms with Gasteiger partial charge in [0.15, 0.2) is 0 Å². The quantitative estimate of drug-likeness (QED) is 0.529. The number of ether oxygens (including phenoxy) is 2. The minimum Gasteiger partial charge on any atom is -0.463 e. The highest BCUT2D eigenvalue weighted by molar-refractivity contribution is 5.73. The first-order valence-electron chi connectivity index (χ1n) is 8.09. The highest BCUT2D eigenvalue weighted by Gasteiger charge is 2.46. The third-order valence-corrected chi connectivity index (χ3v) is 4.06. The van der Waals surface area contributed by atoms with Crippen molar-refractivity contribution in [2.45, 2.75) is 49.9 Å². The van der Waals surface area contributed by atoms with Gasteiger partial charge in [0, 0.05) is 6.92 Å². The summed E-state index contributed by atoms with van der Waals surface area (Å²) in [6.45, 7) is 0.168. The average Bonchev–Trinajstić information content (AvgIpc) is 2.59. The van der Waals surface area contributed by atoms with E-state index >= 15 is 0 Å². The number of benzene rings is 1. The minimum atomic E-state index is -5.12. The van der Waals surface area contributed by atoms with Crippen LogP contribution in [0.15, 0.2) is 18.2 Å². The Morgan fingerprint density at radius 2 is 1.59 bits per heavy atom. The fourth-order valence-corrected chi connectivity index (χ4v) is 2.70. The molecule has 7 nitrogen and oxygen atoms in total. The summed E-state index contributed by atoms with van der Waals surface area (Å²) in [6.07, 6.45) is -17.0. The van der Waals surface area contributed by atoms with Crippen LogP contribution in [0.3, 0.4) is 0 Å². The molecule has 0 aliphatic carbocycles. The number of hydrogen-bond acceptors (Lipinski definition) is 6. The van der Waals surface area contributed by atoms with Crippen LogP contribution >= 0.6 is 0 Å². The summed E-state index contributed by atoms with van der Waals surface area (Å²) < 4.78 is 88.1. The predicted octanol–water partition coefficient (Wildman–Crippen LogP) is 1.05. The molecule has 13 heteroatoms. The van der Waals surface area contributed by atoms with Crippen LogP contribution in [0.25, 0.3) is 0 Å². The molecule has 164 valence electrons. The summed E-state index contributed by atoms with van der Waals surface area (Å²) in [4.78, 5) is 11.3. The Kier molecular flexibility index (Phi) is 6.67. The average molecular weight is 433 g/mol. The first kappa shape index (κ1) is 23.2. The van der Waals surface area contributed by atoms with Gasteiger partial charge in [-0.05, 0) is 18.2 Å². The molecule has 0 unspecified atom stereocenters. The van der Waals surface area contributed by atoms with Crippen molar-refractivity contribution >= 4 is 5.91 Å². The lowest BCUT2D eigenvalue weighted by molar-refractivity contribution is -0.244. The fraction of sp³-hybridized carbons (Fsp3) is 0.562. The van der Waals surface area contributed by atoms with Crippen molar-refractivity contribution in [3.8, 4) is 5.75 Å². The first-order valence-corrected chi connectivity index (χ1v) is 8.09. The lowest BCUT2D eigenvalue weighted by Gasteiger charge is -2.42. The molecule has 1 aliphatic heterocycles. The van der Waals surface area contributed by atoms with Crippen LogP contribution in [-0.2, 0) is 21.9 Å². The molecule has 0 spiro atoms. The topological polar surface area (TPSA) is 108 Å². The van der Waals surface area contributed by atoms with Gasteiger partial charge in [0.1, 0.15) is 30.1 Å². The first-order chi connectivity index (χ1) is 13.2. The number of carbonyl (C=O) groups is 1. The van der Waals surface area contributed by atoms with Gasteiger partial charge in [-0.2, -0.15) is 26.3 Å². The summed E-state index contributed by atoms with van der Waals surface area (Å²) in [5, 5.41) is 31.3. The summed E-state index contributed by atoms with van der Waals surface area (Å²) >= 11 is 0. The van der Waals surface area contributed by atoms with Crippen molar-refractivity contribution in [2.24, 2.45) is 0 Å². The van der Waals surface area contributed by atoms with Crippen LogP contribution in [0, 0.1) is 0 Å². The van der Waals surface area contributed by atoms with Gasteiger partial charge in [-0.25, -0.2) is 0 Å². The van der Waals surface area contributed by atoms with E-state index in [-0.39, 0.29) is 18.2 Å². The molecule has 2 rings (SSSR count). The van der Waals surface area contributed by atoms with Crippen molar-refractivity contribution in [1.82, 2.24) is 5.32 Å². The van der Waals surface area contributed by atoms with Crippen LogP contribution in [0.1, 0.15) is 18.1 Å². The number of amides is 1. The molecular weight excluding hydrogens is 416 g/mol. The fourth-order valence-electron chi connectivity index (χ4n) is 2.70. The second-order valence-corrected chi connectivity index (χ2v) is 6.29. The Bertz CT molecular complexity index is 707. The molecule has 0 saturated carbocycles. The Morgan fingerprint density at radius 1 is 1.07 bits per heavy atom. The Labute approximate surface area is 159 Å². The molecule has 1 aromatic carbocycles. The van der Waals surface area contributed by atoms with E-state index in [1.165, 1.54) is 0 Å². The summed E-state index contributed by atoms with van der Waals surface area (Å²) in [5.41, 5.74) is -3.29. The number of hydrogen-bond donors (Lipinski definition) is 4.